The van der Waals surface area contributed by atoms with Gasteiger partial charge in [0.25, 0.3) is 0 Å². The fourth-order valence-corrected chi connectivity index (χ4v) is 6.87. The molecule has 4 saturated carbocycles. The van der Waals surface area contributed by atoms with Gasteiger partial charge in [-0.2, -0.15) is 0 Å². The molecule has 0 aromatic rings. The minimum Gasteiger partial charge on any atom is -0.271 e. The van der Waals surface area contributed by atoms with Gasteiger partial charge in [-0.1, -0.05) is 27.7 Å². The van der Waals surface area contributed by atoms with Gasteiger partial charge in [0.1, 0.15) is 0 Å². The highest BCUT2D eigenvalue weighted by Gasteiger charge is 2.60. The van der Waals surface area contributed by atoms with Crippen molar-refractivity contribution in [3.05, 3.63) is 0 Å². The molecular weight excluding hydrogens is 232 g/mol. The molecular formula is C17H32N2. The van der Waals surface area contributed by atoms with Crippen LogP contribution in [0.5, 0.6) is 0 Å². The van der Waals surface area contributed by atoms with Crippen LogP contribution >= 0.6 is 0 Å². The van der Waals surface area contributed by atoms with Crippen LogP contribution in [0.4, 0.5) is 0 Å². The zero-order chi connectivity index (χ0) is 13.9. The number of hydrogen-bond donors (Lipinski definition) is 2. The van der Waals surface area contributed by atoms with Crippen LogP contribution in [-0.4, -0.2) is 6.04 Å². The molecule has 4 aliphatic carbocycles. The predicted octanol–water partition coefficient (Wildman–Crippen LogP) is 3.86. The Morgan fingerprint density at radius 2 is 1.63 bits per heavy atom. The van der Waals surface area contributed by atoms with E-state index in [0.29, 0.717) is 28.2 Å². The first-order valence-electron chi connectivity index (χ1n) is 8.23. The van der Waals surface area contributed by atoms with Crippen LogP contribution in [0, 0.1) is 28.1 Å². The summed E-state index contributed by atoms with van der Waals surface area (Å²) in [4.78, 5) is 0. The largest absolute Gasteiger partial charge is 0.271 e. The Morgan fingerprint density at radius 1 is 1.05 bits per heavy atom. The van der Waals surface area contributed by atoms with Gasteiger partial charge in [-0.15, -0.1) is 0 Å². The first kappa shape index (κ1) is 13.9. The maximum Gasteiger partial charge on any atom is 0.0238 e. The second kappa shape index (κ2) is 4.21. The molecule has 19 heavy (non-hydrogen) atoms. The molecule has 3 unspecified atom stereocenters. The average molecular weight is 264 g/mol. The zero-order valence-corrected chi connectivity index (χ0v) is 13.3. The molecule has 3 N–H and O–H groups in total. The van der Waals surface area contributed by atoms with Crippen LogP contribution in [0.25, 0.3) is 0 Å². The van der Waals surface area contributed by atoms with Crippen LogP contribution in [-0.2, 0) is 0 Å². The van der Waals surface area contributed by atoms with E-state index in [2.05, 4.69) is 33.1 Å². The number of nitrogens with two attached hydrogens (primary N) is 1. The van der Waals surface area contributed by atoms with Crippen LogP contribution < -0.4 is 11.3 Å². The summed E-state index contributed by atoms with van der Waals surface area (Å²) in [5, 5.41) is 0. The van der Waals surface area contributed by atoms with Crippen LogP contribution in [0.2, 0.25) is 0 Å². The van der Waals surface area contributed by atoms with Gasteiger partial charge in [-0.3, -0.25) is 11.3 Å². The van der Waals surface area contributed by atoms with Crippen molar-refractivity contribution < 1.29 is 0 Å². The van der Waals surface area contributed by atoms with Crippen molar-refractivity contribution in [3.8, 4) is 0 Å². The van der Waals surface area contributed by atoms with Gasteiger partial charge in [0, 0.05) is 6.04 Å². The summed E-state index contributed by atoms with van der Waals surface area (Å²) in [5.41, 5.74) is 4.95. The second-order valence-corrected chi connectivity index (χ2v) is 9.35. The Kier molecular flexibility index (Phi) is 3.07. The minimum absolute atomic E-state index is 0.489. The third kappa shape index (κ3) is 2.35. The summed E-state index contributed by atoms with van der Waals surface area (Å²) in [6.45, 7) is 9.72. The molecule has 0 aromatic heterocycles. The summed E-state index contributed by atoms with van der Waals surface area (Å²) >= 11 is 0. The van der Waals surface area contributed by atoms with Crippen molar-refractivity contribution in [2.45, 2.75) is 78.7 Å². The summed E-state index contributed by atoms with van der Waals surface area (Å²) < 4.78 is 0. The van der Waals surface area contributed by atoms with Gasteiger partial charge in [-0.25, -0.2) is 0 Å². The molecule has 0 aliphatic heterocycles. The normalized spacial score (nSPS) is 49.9. The highest BCUT2D eigenvalue weighted by Crippen LogP contribution is 2.70. The van der Waals surface area contributed by atoms with Gasteiger partial charge >= 0.3 is 0 Å². The lowest BCUT2D eigenvalue weighted by atomic mass is 9.39. The van der Waals surface area contributed by atoms with Crippen molar-refractivity contribution >= 4 is 0 Å². The van der Waals surface area contributed by atoms with E-state index >= 15 is 0 Å². The van der Waals surface area contributed by atoms with Crippen LogP contribution in [0.1, 0.15) is 72.6 Å². The molecule has 3 atom stereocenters. The molecule has 4 rings (SSSR count). The number of hydrazine groups is 1. The van der Waals surface area contributed by atoms with E-state index in [-0.39, 0.29) is 0 Å². The summed E-state index contributed by atoms with van der Waals surface area (Å²) in [6.07, 6.45) is 10.1. The van der Waals surface area contributed by atoms with Gasteiger partial charge in [-0.05, 0) is 73.0 Å². The maximum absolute atomic E-state index is 5.82. The maximum atomic E-state index is 5.82. The van der Waals surface area contributed by atoms with Crippen molar-refractivity contribution in [1.82, 2.24) is 5.43 Å². The number of nitrogens with one attached hydrogen (secondary N) is 1. The Labute approximate surface area is 118 Å². The quantitative estimate of drug-likeness (QED) is 0.597. The molecule has 0 spiro atoms. The van der Waals surface area contributed by atoms with E-state index in [1.54, 1.807) is 0 Å². The lowest BCUT2D eigenvalue weighted by molar-refractivity contribution is -0.151. The first-order chi connectivity index (χ1) is 8.77. The fraction of sp³-hybridized carbons (Fsp3) is 1.00. The second-order valence-electron chi connectivity index (χ2n) is 9.35. The van der Waals surface area contributed by atoms with E-state index in [1.807, 2.05) is 0 Å². The molecule has 110 valence electrons. The molecule has 0 heterocycles. The SMILES string of the molecule is CC(C)C(CC12CC3CC(C)(CC(C)(C3)C1)C2)NN. The predicted molar refractivity (Wildman–Crippen MR) is 80.4 cm³/mol. The Morgan fingerprint density at radius 3 is 2.05 bits per heavy atom. The van der Waals surface area contributed by atoms with Crippen LogP contribution in [0.3, 0.4) is 0 Å². The van der Waals surface area contributed by atoms with Crippen molar-refractivity contribution in [2.24, 2.45) is 33.9 Å². The van der Waals surface area contributed by atoms with Crippen molar-refractivity contribution in [2.75, 3.05) is 0 Å². The Hall–Kier alpha value is -0.0800. The van der Waals surface area contributed by atoms with E-state index in [4.69, 9.17) is 5.84 Å². The topological polar surface area (TPSA) is 38.0 Å². The summed E-state index contributed by atoms with van der Waals surface area (Å²) in [7, 11) is 0. The summed E-state index contributed by atoms with van der Waals surface area (Å²) in [5.74, 6) is 7.45. The molecule has 2 nitrogen and oxygen atoms in total. The first-order valence-corrected chi connectivity index (χ1v) is 8.23. The minimum atomic E-state index is 0.489. The van der Waals surface area contributed by atoms with E-state index < -0.39 is 0 Å². The van der Waals surface area contributed by atoms with E-state index in [0.717, 1.165) is 5.92 Å². The third-order valence-corrected chi connectivity index (χ3v) is 6.41. The molecule has 0 radical (unpaired) electrons. The van der Waals surface area contributed by atoms with E-state index in [9.17, 15) is 0 Å². The van der Waals surface area contributed by atoms with E-state index in [1.165, 1.54) is 44.9 Å². The fourth-order valence-electron chi connectivity index (χ4n) is 6.87. The smallest absolute Gasteiger partial charge is 0.0238 e. The lowest BCUT2D eigenvalue weighted by Crippen LogP contribution is -2.57. The Bertz CT molecular complexity index is 344. The molecule has 0 saturated heterocycles. The highest BCUT2D eigenvalue weighted by molar-refractivity contribution is 5.11. The molecule has 0 amide bonds. The van der Waals surface area contributed by atoms with Crippen molar-refractivity contribution in [1.29, 1.82) is 0 Å². The van der Waals surface area contributed by atoms with Gasteiger partial charge < -0.3 is 0 Å². The highest BCUT2D eigenvalue weighted by atomic mass is 15.2. The average Bonchev–Trinajstić information content (AvgIpc) is 2.20. The zero-order valence-electron chi connectivity index (χ0n) is 13.3. The number of hydrogen-bond acceptors (Lipinski definition) is 2. The molecule has 2 heteroatoms. The lowest BCUT2D eigenvalue weighted by Gasteiger charge is -2.66. The number of rotatable bonds is 4. The van der Waals surface area contributed by atoms with Crippen LogP contribution in [0.15, 0.2) is 0 Å². The van der Waals surface area contributed by atoms with Gasteiger partial charge in [0.05, 0.1) is 0 Å². The molecule has 4 fully saturated rings. The molecule has 0 aromatic carbocycles. The van der Waals surface area contributed by atoms with Crippen molar-refractivity contribution in [3.63, 3.8) is 0 Å². The Balaban J connectivity index is 1.84. The summed E-state index contributed by atoms with van der Waals surface area (Å²) in [6, 6.07) is 0.489. The molecule has 4 aliphatic rings. The van der Waals surface area contributed by atoms with Gasteiger partial charge in [0.2, 0.25) is 0 Å². The van der Waals surface area contributed by atoms with Gasteiger partial charge in [0.15, 0.2) is 0 Å². The monoisotopic (exact) mass is 264 g/mol. The standard InChI is InChI=1S/C17H32N2/c1-12(2)14(19-18)8-17-7-13-5-15(3,10-17)9-16(4,6-13)11-17/h12-14,19H,5-11,18H2,1-4H3. The molecule has 4 bridgehead atoms. The third-order valence-electron chi connectivity index (χ3n) is 6.41.